The lowest BCUT2D eigenvalue weighted by molar-refractivity contribution is 0.440. The summed E-state index contributed by atoms with van der Waals surface area (Å²) in [5.74, 6) is -0.124. The third-order valence-electron chi connectivity index (χ3n) is 2.90. The number of nitrogen functional groups attached to an aromatic ring is 1. The third-order valence-corrected chi connectivity index (χ3v) is 3.67. The second-order valence-corrected chi connectivity index (χ2v) is 5.05. The molecule has 0 bridgehead atoms. The van der Waals surface area contributed by atoms with Crippen LogP contribution in [0.1, 0.15) is 18.1 Å². The summed E-state index contributed by atoms with van der Waals surface area (Å²) < 4.78 is 19.8. The standard InChI is InChI=1S/C15H14BrFN2O/c1-2-9-3-5-10(6-4-9)20-12-8-7-11(15(18)19)13(16)14(12)17/h3-8H,2H2,1H3,(H3,18,19). The number of hydrogen-bond acceptors (Lipinski definition) is 2. The van der Waals surface area contributed by atoms with Gasteiger partial charge in [-0.25, -0.2) is 4.39 Å². The second kappa shape index (κ2) is 6.05. The number of aryl methyl sites for hydroxylation is 1. The number of halogens is 2. The van der Waals surface area contributed by atoms with Crippen LogP contribution in [0.25, 0.3) is 0 Å². The van der Waals surface area contributed by atoms with Gasteiger partial charge in [-0.1, -0.05) is 19.1 Å². The number of ether oxygens (including phenoxy) is 1. The van der Waals surface area contributed by atoms with Crippen molar-refractivity contribution in [2.75, 3.05) is 0 Å². The van der Waals surface area contributed by atoms with Gasteiger partial charge >= 0.3 is 0 Å². The topological polar surface area (TPSA) is 59.1 Å². The molecule has 0 saturated heterocycles. The summed E-state index contributed by atoms with van der Waals surface area (Å²) in [6.07, 6.45) is 0.938. The van der Waals surface area contributed by atoms with E-state index in [0.717, 1.165) is 6.42 Å². The quantitative estimate of drug-likeness (QED) is 0.648. The second-order valence-electron chi connectivity index (χ2n) is 4.25. The van der Waals surface area contributed by atoms with Crippen LogP contribution in [0.15, 0.2) is 40.9 Å². The number of nitrogens with two attached hydrogens (primary N) is 1. The minimum absolute atomic E-state index is 0.0890. The van der Waals surface area contributed by atoms with E-state index < -0.39 is 5.82 Å². The fraction of sp³-hybridized carbons (Fsp3) is 0.133. The highest BCUT2D eigenvalue weighted by Crippen LogP contribution is 2.31. The molecule has 0 unspecified atom stereocenters. The first-order valence-corrected chi connectivity index (χ1v) is 6.91. The summed E-state index contributed by atoms with van der Waals surface area (Å²) in [7, 11) is 0. The summed E-state index contributed by atoms with van der Waals surface area (Å²) in [5.41, 5.74) is 6.85. The van der Waals surface area contributed by atoms with E-state index in [0.29, 0.717) is 11.3 Å². The van der Waals surface area contributed by atoms with E-state index in [9.17, 15) is 4.39 Å². The molecule has 20 heavy (non-hydrogen) atoms. The van der Waals surface area contributed by atoms with Gasteiger partial charge in [-0.2, -0.15) is 0 Å². The molecule has 2 aromatic rings. The Morgan fingerprint density at radius 3 is 2.45 bits per heavy atom. The average molecular weight is 337 g/mol. The van der Waals surface area contributed by atoms with E-state index in [1.165, 1.54) is 11.6 Å². The fourth-order valence-corrected chi connectivity index (χ4v) is 2.28. The molecule has 0 aliphatic carbocycles. The Kier molecular flexibility index (Phi) is 4.39. The molecule has 0 aliphatic rings. The minimum Gasteiger partial charge on any atom is -0.454 e. The van der Waals surface area contributed by atoms with E-state index in [2.05, 4.69) is 22.9 Å². The molecule has 2 rings (SSSR count). The Bertz CT molecular complexity index is 641. The maximum atomic E-state index is 14.1. The van der Waals surface area contributed by atoms with Crippen molar-refractivity contribution in [2.45, 2.75) is 13.3 Å². The van der Waals surface area contributed by atoms with Crippen LogP contribution >= 0.6 is 15.9 Å². The molecule has 0 fully saturated rings. The van der Waals surface area contributed by atoms with Gasteiger partial charge in [0, 0.05) is 5.56 Å². The predicted octanol–water partition coefficient (Wildman–Crippen LogP) is 4.23. The molecule has 0 heterocycles. The molecule has 0 amide bonds. The lowest BCUT2D eigenvalue weighted by Gasteiger charge is -2.10. The molecule has 3 N–H and O–H groups in total. The number of amidine groups is 1. The van der Waals surface area contributed by atoms with Crippen molar-refractivity contribution in [1.82, 2.24) is 0 Å². The van der Waals surface area contributed by atoms with E-state index in [1.807, 2.05) is 12.1 Å². The van der Waals surface area contributed by atoms with E-state index >= 15 is 0 Å². The lowest BCUT2D eigenvalue weighted by Crippen LogP contribution is -2.12. The summed E-state index contributed by atoms with van der Waals surface area (Å²) in [6, 6.07) is 10.5. The van der Waals surface area contributed by atoms with Crippen molar-refractivity contribution in [3.05, 3.63) is 57.8 Å². The van der Waals surface area contributed by atoms with Crippen molar-refractivity contribution >= 4 is 21.8 Å². The molecule has 0 radical (unpaired) electrons. The van der Waals surface area contributed by atoms with E-state index in [1.54, 1.807) is 18.2 Å². The summed E-state index contributed by atoms with van der Waals surface area (Å²) in [4.78, 5) is 0. The van der Waals surface area contributed by atoms with E-state index in [-0.39, 0.29) is 16.1 Å². The molecule has 104 valence electrons. The average Bonchev–Trinajstić information content (AvgIpc) is 2.44. The number of nitrogens with one attached hydrogen (secondary N) is 1. The molecule has 3 nitrogen and oxygen atoms in total. The van der Waals surface area contributed by atoms with Gasteiger partial charge in [0.1, 0.15) is 11.6 Å². The fourth-order valence-electron chi connectivity index (χ4n) is 1.74. The zero-order valence-electron chi connectivity index (χ0n) is 10.9. The Morgan fingerprint density at radius 1 is 1.25 bits per heavy atom. The molecule has 5 heteroatoms. The Balaban J connectivity index is 2.29. The van der Waals surface area contributed by atoms with Crippen LogP contribution in [-0.2, 0) is 6.42 Å². The maximum absolute atomic E-state index is 14.1. The molecule has 0 atom stereocenters. The van der Waals surface area contributed by atoms with Gasteiger partial charge in [0.15, 0.2) is 11.6 Å². The third kappa shape index (κ3) is 2.99. The van der Waals surface area contributed by atoms with Crippen molar-refractivity contribution in [1.29, 1.82) is 5.41 Å². The molecule has 0 aromatic heterocycles. The van der Waals surface area contributed by atoms with Gasteiger partial charge in [0.2, 0.25) is 0 Å². The van der Waals surface area contributed by atoms with Crippen LogP contribution in [0, 0.1) is 11.2 Å². The first-order valence-electron chi connectivity index (χ1n) is 6.12. The number of rotatable bonds is 4. The molecule has 0 saturated carbocycles. The highest BCUT2D eigenvalue weighted by atomic mass is 79.9. The molecular weight excluding hydrogens is 323 g/mol. The highest BCUT2D eigenvalue weighted by Gasteiger charge is 2.14. The lowest BCUT2D eigenvalue weighted by atomic mass is 10.1. The molecule has 2 aromatic carbocycles. The van der Waals surface area contributed by atoms with Gasteiger partial charge in [-0.15, -0.1) is 0 Å². The van der Waals surface area contributed by atoms with Crippen LogP contribution in [-0.4, -0.2) is 5.84 Å². The largest absolute Gasteiger partial charge is 0.454 e. The Hall–Kier alpha value is -1.88. The Labute approximate surface area is 125 Å². The zero-order chi connectivity index (χ0) is 14.7. The number of benzene rings is 2. The van der Waals surface area contributed by atoms with E-state index in [4.69, 9.17) is 15.9 Å². The van der Waals surface area contributed by atoms with Crippen molar-refractivity contribution in [3.8, 4) is 11.5 Å². The van der Waals surface area contributed by atoms with Crippen LogP contribution in [0.3, 0.4) is 0 Å². The van der Waals surface area contributed by atoms with Gasteiger partial charge in [-0.3, -0.25) is 5.41 Å². The SMILES string of the molecule is CCc1ccc(Oc2ccc(C(=N)N)c(Br)c2F)cc1. The van der Waals surface area contributed by atoms with Crippen molar-refractivity contribution in [2.24, 2.45) is 5.73 Å². The van der Waals surface area contributed by atoms with Crippen molar-refractivity contribution in [3.63, 3.8) is 0 Å². The number of hydrogen-bond donors (Lipinski definition) is 2. The van der Waals surface area contributed by atoms with Crippen molar-refractivity contribution < 1.29 is 9.13 Å². The van der Waals surface area contributed by atoms with Crippen LogP contribution in [0.2, 0.25) is 0 Å². The van der Waals surface area contributed by atoms with Crippen LogP contribution < -0.4 is 10.5 Å². The molecule has 0 spiro atoms. The van der Waals surface area contributed by atoms with Gasteiger partial charge < -0.3 is 10.5 Å². The Morgan fingerprint density at radius 2 is 1.90 bits per heavy atom. The maximum Gasteiger partial charge on any atom is 0.180 e. The normalized spacial score (nSPS) is 10.3. The summed E-state index contributed by atoms with van der Waals surface area (Å²) in [6.45, 7) is 2.06. The highest BCUT2D eigenvalue weighted by molar-refractivity contribution is 9.10. The first kappa shape index (κ1) is 14.5. The zero-order valence-corrected chi connectivity index (χ0v) is 12.5. The smallest absolute Gasteiger partial charge is 0.180 e. The summed E-state index contributed by atoms with van der Waals surface area (Å²) >= 11 is 3.09. The van der Waals surface area contributed by atoms with Crippen LogP contribution in [0.5, 0.6) is 11.5 Å². The first-order chi connectivity index (χ1) is 9.52. The van der Waals surface area contributed by atoms with Crippen LogP contribution in [0.4, 0.5) is 4.39 Å². The van der Waals surface area contributed by atoms with Gasteiger partial charge in [0.25, 0.3) is 0 Å². The molecular formula is C15H14BrFN2O. The summed E-state index contributed by atoms with van der Waals surface area (Å²) in [5, 5.41) is 7.35. The van der Waals surface area contributed by atoms with Gasteiger partial charge in [0.05, 0.1) is 4.47 Å². The van der Waals surface area contributed by atoms with Gasteiger partial charge in [-0.05, 0) is 52.2 Å². The predicted molar refractivity (Wildman–Crippen MR) is 81.0 cm³/mol. The molecule has 0 aliphatic heterocycles. The minimum atomic E-state index is -0.572. The monoisotopic (exact) mass is 336 g/mol.